The standard InChI is InChI=1S/C12H14FNOS/c1-9(2)7-16(15)8-10-3-4-12(13)11(5-10)6-14/h3-5,9H,7-8H2,1-2H3. The van der Waals surface area contributed by atoms with Crippen molar-refractivity contribution in [1.29, 1.82) is 5.26 Å². The summed E-state index contributed by atoms with van der Waals surface area (Å²) in [6.07, 6.45) is 0. The maximum absolute atomic E-state index is 13.0. The van der Waals surface area contributed by atoms with Crippen molar-refractivity contribution >= 4 is 10.8 Å². The molecule has 4 heteroatoms. The van der Waals surface area contributed by atoms with Gasteiger partial charge in [0, 0.05) is 22.3 Å². The van der Waals surface area contributed by atoms with Crippen molar-refractivity contribution in [3.63, 3.8) is 0 Å². The van der Waals surface area contributed by atoms with Gasteiger partial charge in [-0.05, 0) is 23.6 Å². The zero-order chi connectivity index (χ0) is 12.1. The van der Waals surface area contributed by atoms with E-state index in [4.69, 9.17) is 5.26 Å². The average molecular weight is 239 g/mol. The average Bonchev–Trinajstić information content (AvgIpc) is 2.19. The second-order valence-corrected chi connectivity index (χ2v) is 5.57. The molecule has 1 rings (SSSR count). The van der Waals surface area contributed by atoms with Crippen molar-refractivity contribution in [2.75, 3.05) is 5.75 Å². The van der Waals surface area contributed by atoms with Crippen LogP contribution in [0.2, 0.25) is 0 Å². The fourth-order valence-electron chi connectivity index (χ4n) is 1.36. The molecule has 0 aliphatic rings. The van der Waals surface area contributed by atoms with Crippen molar-refractivity contribution in [1.82, 2.24) is 0 Å². The van der Waals surface area contributed by atoms with Crippen LogP contribution in [0.15, 0.2) is 18.2 Å². The van der Waals surface area contributed by atoms with E-state index in [1.165, 1.54) is 12.1 Å². The maximum atomic E-state index is 13.0. The second-order valence-electron chi connectivity index (χ2n) is 4.07. The highest BCUT2D eigenvalue weighted by Gasteiger charge is 2.07. The molecule has 0 heterocycles. The molecular formula is C12H14FNOS. The van der Waals surface area contributed by atoms with Gasteiger partial charge in [0.05, 0.1) is 5.56 Å². The largest absolute Gasteiger partial charge is 0.259 e. The Morgan fingerprint density at radius 3 is 2.75 bits per heavy atom. The normalized spacial score (nSPS) is 12.4. The molecule has 0 aliphatic carbocycles. The van der Waals surface area contributed by atoms with Crippen LogP contribution in [-0.2, 0) is 16.6 Å². The van der Waals surface area contributed by atoms with Crippen LogP contribution in [0.5, 0.6) is 0 Å². The van der Waals surface area contributed by atoms with E-state index in [-0.39, 0.29) is 5.56 Å². The van der Waals surface area contributed by atoms with Crippen LogP contribution >= 0.6 is 0 Å². The summed E-state index contributed by atoms with van der Waals surface area (Å²) in [5.41, 5.74) is 0.760. The minimum atomic E-state index is -0.950. The first-order chi connectivity index (χ1) is 7.52. The van der Waals surface area contributed by atoms with E-state index < -0.39 is 16.6 Å². The molecule has 0 radical (unpaired) electrons. The number of nitrogens with zero attached hydrogens (tertiary/aromatic N) is 1. The number of hydrogen-bond acceptors (Lipinski definition) is 2. The van der Waals surface area contributed by atoms with E-state index in [1.54, 1.807) is 12.1 Å². The lowest BCUT2D eigenvalue weighted by atomic mass is 10.1. The van der Waals surface area contributed by atoms with Crippen LogP contribution in [0, 0.1) is 23.1 Å². The highest BCUT2D eigenvalue weighted by Crippen LogP contribution is 2.12. The Balaban J connectivity index is 2.76. The monoisotopic (exact) mass is 239 g/mol. The predicted molar refractivity (Wildman–Crippen MR) is 62.7 cm³/mol. The first kappa shape index (κ1) is 12.9. The van der Waals surface area contributed by atoms with Crippen LogP contribution < -0.4 is 0 Å². The maximum Gasteiger partial charge on any atom is 0.140 e. The zero-order valence-corrected chi connectivity index (χ0v) is 10.2. The third-order valence-corrected chi connectivity index (χ3v) is 3.69. The Kier molecular flexibility index (Phi) is 4.63. The van der Waals surface area contributed by atoms with Gasteiger partial charge in [0.1, 0.15) is 11.9 Å². The summed E-state index contributed by atoms with van der Waals surface area (Å²) in [6, 6.07) is 6.07. The molecule has 1 aromatic rings. The van der Waals surface area contributed by atoms with Gasteiger partial charge in [-0.25, -0.2) is 4.39 Å². The molecule has 0 aromatic heterocycles. The van der Waals surface area contributed by atoms with E-state index >= 15 is 0 Å². The van der Waals surface area contributed by atoms with Crippen LogP contribution in [0.1, 0.15) is 25.0 Å². The first-order valence-electron chi connectivity index (χ1n) is 5.06. The molecule has 0 saturated heterocycles. The number of benzene rings is 1. The van der Waals surface area contributed by atoms with Gasteiger partial charge in [-0.2, -0.15) is 5.26 Å². The number of nitriles is 1. The smallest absolute Gasteiger partial charge is 0.140 e. The predicted octanol–water partition coefficient (Wildman–Crippen LogP) is 2.60. The molecule has 0 aliphatic heterocycles. The third-order valence-electron chi connectivity index (χ3n) is 2.00. The molecule has 0 amide bonds. The van der Waals surface area contributed by atoms with Crippen molar-refractivity contribution in [2.45, 2.75) is 19.6 Å². The van der Waals surface area contributed by atoms with Gasteiger partial charge in [-0.3, -0.25) is 4.21 Å². The molecule has 0 fully saturated rings. The lowest BCUT2D eigenvalue weighted by Gasteiger charge is -2.05. The Bertz CT molecular complexity index is 437. The van der Waals surface area contributed by atoms with Gasteiger partial charge < -0.3 is 0 Å². The van der Waals surface area contributed by atoms with Crippen LogP contribution in [-0.4, -0.2) is 9.96 Å². The summed E-state index contributed by atoms with van der Waals surface area (Å²) < 4.78 is 24.7. The highest BCUT2D eigenvalue weighted by atomic mass is 32.2. The van der Waals surface area contributed by atoms with E-state index in [0.717, 1.165) is 5.56 Å². The van der Waals surface area contributed by atoms with E-state index in [0.29, 0.717) is 17.4 Å². The molecule has 0 saturated carbocycles. The van der Waals surface area contributed by atoms with Crippen LogP contribution in [0.4, 0.5) is 4.39 Å². The van der Waals surface area contributed by atoms with Gasteiger partial charge in [-0.15, -0.1) is 0 Å². The van der Waals surface area contributed by atoms with Crippen LogP contribution in [0.3, 0.4) is 0 Å². The molecule has 0 spiro atoms. The van der Waals surface area contributed by atoms with Gasteiger partial charge >= 0.3 is 0 Å². The fourth-order valence-corrected chi connectivity index (χ4v) is 2.78. The van der Waals surface area contributed by atoms with E-state index in [2.05, 4.69) is 0 Å². The minimum absolute atomic E-state index is 0.0130. The third kappa shape index (κ3) is 3.74. The van der Waals surface area contributed by atoms with Gasteiger partial charge in [-0.1, -0.05) is 19.9 Å². The van der Waals surface area contributed by atoms with Crippen molar-refractivity contribution in [3.05, 3.63) is 35.1 Å². The second kappa shape index (κ2) is 5.76. The molecule has 16 heavy (non-hydrogen) atoms. The highest BCUT2D eigenvalue weighted by molar-refractivity contribution is 7.84. The van der Waals surface area contributed by atoms with Crippen molar-refractivity contribution < 1.29 is 8.60 Å². The summed E-state index contributed by atoms with van der Waals surface area (Å²) in [5.74, 6) is 0.851. The Hall–Kier alpha value is -1.21. The first-order valence-corrected chi connectivity index (χ1v) is 6.55. The number of hydrogen-bond donors (Lipinski definition) is 0. The van der Waals surface area contributed by atoms with Gasteiger partial charge in [0.15, 0.2) is 0 Å². The van der Waals surface area contributed by atoms with Crippen molar-refractivity contribution in [3.8, 4) is 6.07 Å². The summed E-state index contributed by atoms with van der Waals surface area (Å²) in [5, 5.41) is 8.66. The molecule has 1 aromatic carbocycles. The molecule has 2 nitrogen and oxygen atoms in total. The minimum Gasteiger partial charge on any atom is -0.259 e. The van der Waals surface area contributed by atoms with E-state index in [9.17, 15) is 8.60 Å². The fraction of sp³-hybridized carbons (Fsp3) is 0.417. The van der Waals surface area contributed by atoms with E-state index in [1.807, 2.05) is 13.8 Å². The Labute approximate surface area is 97.6 Å². The lowest BCUT2D eigenvalue weighted by Crippen LogP contribution is -2.06. The molecule has 0 N–H and O–H groups in total. The molecular weight excluding hydrogens is 225 g/mol. The van der Waals surface area contributed by atoms with Gasteiger partial charge in [0.2, 0.25) is 0 Å². The topological polar surface area (TPSA) is 40.9 Å². The zero-order valence-electron chi connectivity index (χ0n) is 9.37. The molecule has 1 atom stereocenters. The summed E-state index contributed by atoms with van der Waals surface area (Å²) in [6.45, 7) is 4.01. The number of halogens is 1. The Morgan fingerprint density at radius 1 is 1.50 bits per heavy atom. The lowest BCUT2D eigenvalue weighted by molar-refractivity contribution is 0.623. The Morgan fingerprint density at radius 2 is 2.19 bits per heavy atom. The summed E-state index contributed by atoms with van der Waals surface area (Å²) in [4.78, 5) is 0. The van der Waals surface area contributed by atoms with Crippen molar-refractivity contribution in [2.24, 2.45) is 5.92 Å². The quantitative estimate of drug-likeness (QED) is 0.810. The van der Waals surface area contributed by atoms with Crippen LogP contribution in [0.25, 0.3) is 0 Å². The molecule has 0 bridgehead atoms. The van der Waals surface area contributed by atoms with Gasteiger partial charge in [0.25, 0.3) is 0 Å². The molecule has 1 unspecified atom stereocenters. The summed E-state index contributed by atoms with van der Waals surface area (Å²) >= 11 is 0. The summed E-state index contributed by atoms with van der Waals surface area (Å²) in [7, 11) is -0.950. The molecule has 86 valence electrons. The SMILES string of the molecule is CC(C)CS(=O)Cc1ccc(F)c(C#N)c1. The number of rotatable bonds is 4.